The third-order valence-corrected chi connectivity index (χ3v) is 3.55. The smallest absolute Gasteiger partial charge is 0.244 e. The fraction of sp³-hybridized carbons (Fsp3) is 0.818. The predicted octanol–water partition coefficient (Wildman–Crippen LogP) is 0.236. The summed E-state index contributed by atoms with van der Waals surface area (Å²) in [5, 5.41) is 7.33. The van der Waals surface area contributed by atoms with E-state index < -0.39 is 0 Å². The molecule has 0 amide bonds. The van der Waals surface area contributed by atoms with E-state index in [2.05, 4.69) is 20.1 Å². The van der Waals surface area contributed by atoms with Crippen LogP contribution >= 0.6 is 0 Å². The molecule has 94 valence electrons. The highest BCUT2D eigenvalue weighted by Gasteiger charge is 2.25. The lowest BCUT2D eigenvalue weighted by Crippen LogP contribution is -2.27. The highest BCUT2D eigenvalue weighted by Crippen LogP contribution is 2.24. The molecule has 6 heteroatoms. The van der Waals surface area contributed by atoms with Gasteiger partial charge in [0, 0.05) is 31.7 Å². The first-order valence-corrected chi connectivity index (χ1v) is 6.33. The van der Waals surface area contributed by atoms with Crippen LogP contribution in [0, 0.1) is 0 Å². The average Bonchev–Trinajstić information content (AvgIpc) is 2.98. The second-order valence-electron chi connectivity index (χ2n) is 4.93. The van der Waals surface area contributed by atoms with Crippen LogP contribution in [0.2, 0.25) is 0 Å². The number of hydrogen-bond donors (Lipinski definition) is 2. The summed E-state index contributed by atoms with van der Waals surface area (Å²) in [5.74, 6) is 2.12. The van der Waals surface area contributed by atoms with Crippen molar-refractivity contribution in [2.75, 3.05) is 31.2 Å². The molecule has 2 aliphatic rings. The fourth-order valence-electron chi connectivity index (χ4n) is 2.51. The largest absolute Gasteiger partial charge is 0.381 e. The molecule has 3 N–H and O–H groups in total. The number of ether oxygens (including phenoxy) is 1. The van der Waals surface area contributed by atoms with Crippen LogP contribution in [0.5, 0.6) is 0 Å². The van der Waals surface area contributed by atoms with Gasteiger partial charge in [0.25, 0.3) is 0 Å². The molecule has 0 bridgehead atoms. The monoisotopic (exact) mass is 237 g/mol. The van der Waals surface area contributed by atoms with Crippen LogP contribution in [0.3, 0.4) is 0 Å². The number of nitrogens with two attached hydrogens (primary N) is 1. The Kier molecular flexibility index (Phi) is 2.98. The maximum Gasteiger partial charge on any atom is 0.244 e. The molecule has 0 spiro atoms. The first-order valence-electron chi connectivity index (χ1n) is 6.33. The molecule has 0 aromatic carbocycles. The normalized spacial score (nSPS) is 29.8. The molecule has 0 aliphatic carbocycles. The Morgan fingerprint density at radius 2 is 2.35 bits per heavy atom. The van der Waals surface area contributed by atoms with E-state index in [1.54, 1.807) is 0 Å². The summed E-state index contributed by atoms with van der Waals surface area (Å²) in [4.78, 5) is 6.72. The third-order valence-electron chi connectivity index (χ3n) is 3.55. The minimum absolute atomic E-state index is 0.259. The Morgan fingerprint density at radius 3 is 3.06 bits per heavy atom. The van der Waals surface area contributed by atoms with Crippen molar-refractivity contribution in [1.29, 1.82) is 0 Å². The molecule has 2 fully saturated rings. The highest BCUT2D eigenvalue weighted by atomic mass is 16.5. The quantitative estimate of drug-likeness (QED) is 0.770. The van der Waals surface area contributed by atoms with Gasteiger partial charge in [-0.05, 0) is 19.3 Å². The van der Waals surface area contributed by atoms with Gasteiger partial charge >= 0.3 is 0 Å². The number of aromatic nitrogens is 3. The van der Waals surface area contributed by atoms with E-state index in [0.29, 0.717) is 5.92 Å². The van der Waals surface area contributed by atoms with Crippen molar-refractivity contribution in [3.05, 3.63) is 5.82 Å². The standard InChI is InChI=1S/C11H19N5O/c12-9-3-4-16(6-9)11-13-10(14-15-11)8-2-1-5-17-7-8/h8-9H,1-7,12H2,(H,13,14,15). The molecule has 2 unspecified atom stereocenters. The number of aromatic amines is 1. The fourth-order valence-corrected chi connectivity index (χ4v) is 2.51. The zero-order valence-electron chi connectivity index (χ0n) is 9.93. The molecule has 2 atom stereocenters. The van der Waals surface area contributed by atoms with Gasteiger partial charge in [0.15, 0.2) is 0 Å². The summed E-state index contributed by atoms with van der Waals surface area (Å²) in [6.45, 7) is 3.45. The molecule has 2 aliphatic heterocycles. The van der Waals surface area contributed by atoms with Crippen molar-refractivity contribution in [2.24, 2.45) is 5.73 Å². The van der Waals surface area contributed by atoms with Crippen molar-refractivity contribution >= 4 is 5.95 Å². The molecular weight excluding hydrogens is 218 g/mol. The van der Waals surface area contributed by atoms with E-state index in [1.165, 1.54) is 0 Å². The Balaban J connectivity index is 1.69. The van der Waals surface area contributed by atoms with Crippen molar-refractivity contribution < 1.29 is 4.74 Å². The lowest BCUT2D eigenvalue weighted by atomic mass is 10.0. The van der Waals surface area contributed by atoms with Crippen molar-refractivity contribution in [2.45, 2.75) is 31.2 Å². The van der Waals surface area contributed by atoms with E-state index in [0.717, 1.165) is 57.3 Å². The summed E-state index contributed by atoms with van der Waals surface area (Å²) in [6.07, 6.45) is 3.26. The van der Waals surface area contributed by atoms with Crippen molar-refractivity contribution in [3.63, 3.8) is 0 Å². The van der Waals surface area contributed by atoms with E-state index in [4.69, 9.17) is 10.5 Å². The molecule has 3 rings (SSSR count). The first kappa shape index (κ1) is 11.0. The van der Waals surface area contributed by atoms with Crippen LogP contribution in [0.1, 0.15) is 31.0 Å². The Morgan fingerprint density at radius 1 is 1.41 bits per heavy atom. The molecular formula is C11H19N5O. The maximum absolute atomic E-state index is 5.88. The Labute approximate surface area is 101 Å². The zero-order chi connectivity index (χ0) is 11.7. The van der Waals surface area contributed by atoms with Gasteiger partial charge in [0.1, 0.15) is 5.82 Å². The third kappa shape index (κ3) is 2.28. The van der Waals surface area contributed by atoms with Gasteiger partial charge in [0.2, 0.25) is 5.95 Å². The first-order chi connectivity index (χ1) is 8.33. The van der Waals surface area contributed by atoms with Crippen LogP contribution in [0.4, 0.5) is 5.95 Å². The molecule has 0 radical (unpaired) electrons. The van der Waals surface area contributed by atoms with Crippen molar-refractivity contribution in [3.8, 4) is 0 Å². The summed E-state index contributed by atoms with van der Waals surface area (Å²) in [6, 6.07) is 0.259. The van der Waals surface area contributed by atoms with Crippen LogP contribution in [0.15, 0.2) is 0 Å². The van der Waals surface area contributed by atoms with E-state index >= 15 is 0 Å². The van der Waals surface area contributed by atoms with Crippen molar-refractivity contribution in [1.82, 2.24) is 15.2 Å². The van der Waals surface area contributed by atoms with Gasteiger partial charge in [-0.1, -0.05) is 0 Å². The highest BCUT2D eigenvalue weighted by molar-refractivity contribution is 5.31. The molecule has 0 saturated carbocycles. The lowest BCUT2D eigenvalue weighted by molar-refractivity contribution is 0.0781. The number of hydrogen-bond acceptors (Lipinski definition) is 5. The number of anilines is 1. The van der Waals surface area contributed by atoms with Crippen LogP contribution < -0.4 is 10.6 Å². The average molecular weight is 237 g/mol. The second kappa shape index (κ2) is 4.62. The summed E-state index contributed by atoms with van der Waals surface area (Å²) >= 11 is 0. The minimum atomic E-state index is 0.259. The van der Waals surface area contributed by atoms with Gasteiger partial charge in [0.05, 0.1) is 6.61 Å². The van der Waals surface area contributed by atoms with Crippen LogP contribution in [-0.2, 0) is 4.74 Å². The summed E-state index contributed by atoms with van der Waals surface area (Å²) in [7, 11) is 0. The SMILES string of the molecule is NC1CCN(c2n[nH]c(C3CCCOC3)n2)C1. The number of nitrogens with zero attached hydrogens (tertiary/aromatic N) is 3. The number of nitrogens with one attached hydrogen (secondary N) is 1. The van der Waals surface area contributed by atoms with Crippen LogP contribution in [-0.4, -0.2) is 47.5 Å². The molecule has 1 aromatic rings. The summed E-state index contributed by atoms with van der Waals surface area (Å²) in [5.41, 5.74) is 5.88. The number of rotatable bonds is 2. The second-order valence-corrected chi connectivity index (χ2v) is 4.93. The van der Waals surface area contributed by atoms with Gasteiger partial charge in [-0.3, -0.25) is 5.10 Å². The molecule has 2 saturated heterocycles. The molecule has 1 aromatic heterocycles. The zero-order valence-corrected chi connectivity index (χ0v) is 9.93. The summed E-state index contributed by atoms with van der Waals surface area (Å²) < 4.78 is 5.47. The number of H-pyrrole nitrogens is 1. The predicted molar refractivity (Wildman–Crippen MR) is 64.0 cm³/mol. The molecule has 17 heavy (non-hydrogen) atoms. The lowest BCUT2D eigenvalue weighted by Gasteiger charge is -2.19. The minimum Gasteiger partial charge on any atom is -0.381 e. The van der Waals surface area contributed by atoms with E-state index in [1.807, 2.05) is 0 Å². The van der Waals surface area contributed by atoms with E-state index in [9.17, 15) is 0 Å². The van der Waals surface area contributed by atoms with Gasteiger partial charge in [-0.2, -0.15) is 4.98 Å². The van der Waals surface area contributed by atoms with Gasteiger partial charge in [-0.15, -0.1) is 5.10 Å². The Hall–Kier alpha value is -1.14. The Bertz CT molecular complexity index is 354. The molecule has 3 heterocycles. The van der Waals surface area contributed by atoms with Gasteiger partial charge in [-0.25, -0.2) is 0 Å². The molecule has 6 nitrogen and oxygen atoms in total. The maximum atomic E-state index is 5.88. The van der Waals surface area contributed by atoms with Crippen LogP contribution in [0.25, 0.3) is 0 Å². The van der Waals surface area contributed by atoms with Gasteiger partial charge < -0.3 is 15.4 Å². The van der Waals surface area contributed by atoms with E-state index in [-0.39, 0.29) is 6.04 Å². The topological polar surface area (TPSA) is 80.1 Å².